The highest BCUT2D eigenvalue weighted by Gasteiger charge is 2.32. The number of rotatable bonds is 3. The lowest BCUT2D eigenvalue weighted by Gasteiger charge is -2.15. The first-order valence-electron chi connectivity index (χ1n) is 5.46. The van der Waals surface area contributed by atoms with Gasteiger partial charge in [-0.1, -0.05) is 6.07 Å². The molecule has 4 nitrogen and oxygen atoms in total. The molecular weight excluding hydrogens is 258 g/mol. The number of hydrogen-bond donors (Lipinski definition) is 0. The van der Waals surface area contributed by atoms with Crippen LogP contribution >= 0.6 is 11.3 Å². The van der Waals surface area contributed by atoms with E-state index in [9.17, 15) is 13.2 Å². The molecule has 6 heteroatoms. The van der Waals surface area contributed by atoms with Gasteiger partial charge in [0.2, 0.25) is 5.91 Å². The van der Waals surface area contributed by atoms with Crippen LogP contribution in [0.3, 0.4) is 0 Å². The van der Waals surface area contributed by atoms with Crippen LogP contribution in [0, 0.1) is 0 Å². The summed E-state index contributed by atoms with van der Waals surface area (Å²) >= 11 is 1.55. The third-order valence-electron chi connectivity index (χ3n) is 3.01. The van der Waals surface area contributed by atoms with Gasteiger partial charge in [-0.05, 0) is 17.9 Å². The Hall–Kier alpha value is -0.880. The fourth-order valence-corrected chi connectivity index (χ4v) is 3.66. The van der Waals surface area contributed by atoms with Crippen molar-refractivity contribution in [3.8, 4) is 0 Å². The van der Waals surface area contributed by atoms with Gasteiger partial charge in [0.1, 0.15) is 0 Å². The van der Waals surface area contributed by atoms with E-state index in [0.717, 1.165) is 4.88 Å². The zero-order valence-electron chi connectivity index (χ0n) is 9.63. The molecule has 0 aliphatic carbocycles. The second-order valence-electron chi connectivity index (χ2n) is 4.34. The fraction of sp³-hybridized carbons (Fsp3) is 0.545. The standard InChI is InChI=1S/C11H15NO3S2/c1-17(14,15)10-4-5-12(8-10)11(13)7-9-3-2-6-16-9/h2-3,6,10H,4-5,7-8H2,1H3. The van der Waals surface area contributed by atoms with E-state index in [4.69, 9.17) is 0 Å². The van der Waals surface area contributed by atoms with Crippen molar-refractivity contribution in [3.63, 3.8) is 0 Å². The highest BCUT2D eigenvalue weighted by atomic mass is 32.2. The molecular formula is C11H15NO3S2. The minimum atomic E-state index is -3.02. The van der Waals surface area contributed by atoms with E-state index in [1.807, 2.05) is 17.5 Å². The number of likely N-dealkylation sites (tertiary alicyclic amines) is 1. The Kier molecular flexibility index (Phi) is 3.53. The maximum absolute atomic E-state index is 11.9. The second-order valence-corrected chi connectivity index (χ2v) is 7.69. The number of carbonyl (C=O) groups is 1. The van der Waals surface area contributed by atoms with E-state index in [1.54, 1.807) is 16.2 Å². The molecule has 1 aliphatic heterocycles. The first-order valence-corrected chi connectivity index (χ1v) is 8.29. The van der Waals surface area contributed by atoms with Crippen molar-refractivity contribution in [2.45, 2.75) is 18.1 Å². The Labute approximate surface area is 105 Å². The molecule has 2 rings (SSSR count). The van der Waals surface area contributed by atoms with Crippen molar-refractivity contribution in [3.05, 3.63) is 22.4 Å². The Morgan fingerprint density at radius 2 is 2.35 bits per heavy atom. The van der Waals surface area contributed by atoms with Crippen LogP contribution in [0.2, 0.25) is 0 Å². The molecule has 1 amide bonds. The van der Waals surface area contributed by atoms with Crippen molar-refractivity contribution in [1.29, 1.82) is 0 Å². The lowest BCUT2D eigenvalue weighted by atomic mass is 10.3. The number of carbonyl (C=O) groups excluding carboxylic acids is 1. The summed E-state index contributed by atoms with van der Waals surface area (Å²) in [5.74, 6) is 0.0265. The maximum Gasteiger partial charge on any atom is 0.227 e. The first-order chi connectivity index (χ1) is 7.97. The predicted molar refractivity (Wildman–Crippen MR) is 67.9 cm³/mol. The van der Waals surface area contributed by atoms with Crippen LogP contribution in [-0.2, 0) is 21.1 Å². The van der Waals surface area contributed by atoms with Crippen molar-refractivity contribution >= 4 is 27.1 Å². The summed E-state index contributed by atoms with van der Waals surface area (Å²) < 4.78 is 22.8. The van der Waals surface area contributed by atoms with Crippen LogP contribution in [0.4, 0.5) is 0 Å². The molecule has 0 spiro atoms. The van der Waals surface area contributed by atoms with Crippen LogP contribution < -0.4 is 0 Å². The Balaban J connectivity index is 1.95. The first kappa shape index (κ1) is 12.6. The molecule has 1 aromatic heterocycles. The number of thiophene rings is 1. The van der Waals surface area contributed by atoms with Gasteiger partial charge >= 0.3 is 0 Å². The third-order valence-corrected chi connectivity index (χ3v) is 5.48. The minimum Gasteiger partial charge on any atom is -0.341 e. The highest BCUT2D eigenvalue weighted by molar-refractivity contribution is 7.91. The van der Waals surface area contributed by atoms with Gasteiger partial charge in [0.05, 0.1) is 11.7 Å². The van der Waals surface area contributed by atoms with E-state index < -0.39 is 9.84 Å². The summed E-state index contributed by atoms with van der Waals surface area (Å²) in [6, 6.07) is 3.84. The monoisotopic (exact) mass is 273 g/mol. The molecule has 94 valence electrons. The lowest BCUT2D eigenvalue weighted by molar-refractivity contribution is -0.129. The van der Waals surface area contributed by atoms with Crippen LogP contribution in [0.1, 0.15) is 11.3 Å². The van der Waals surface area contributed by atoms with Crippen LogP contribution in [-0.4, -0.2) is 43.8 Å². The molecule has 1 atom stereocenters. The maximum atomic E-state index is 11.9. The molecule has 1 saturated heterocycles. The van der Waals surface area contributed by atoms with E-state index in [2.05, 4.69) is 0 Å². The van der Waals surface area contributed by atoms with E-state index in [-0.39, 0.29) is 11.2 Å². The smallest absolute Gasteiger partial charge is 0.227 e. The number of amides is 1. The summed E-state index contributed by atoms with van der Waals surface area (Å²) in [6.45, 7) is 0.908. The van der Waals surface area contributed by atoms with Crippen molar-refractivity contribution in [1.82, 2.24) is 4.90 Å². The van der Waals surface area contributed by atoms with E-state index in [0.29, 0.717) is 25.9 Å². The SMILES string of the molecule is CS(=O)(=O)C1CCN(C(=O)Cc2cccs2)C1. The summed E-state index contributed by atoms with van der Waals surface area (Å²) in [6.07, 6.45) is 2.19. The summed E-state index contributed by atoms with van der Waals surface area (Å²) in [7, 11) is -3.02. The largest absolute Gasteiger partial charge is 0.341 e. The van der Waals surface area contributed by atoms with Gasteiger partial charge in [-0.25, -0.2) is 8.42 Å². The minimum absolute atomic E-state index is 0.0265. The Morgan fingerprint density at radius 3 is 2.88 bits per heavy atom. The topological polar surface area (TPSA) is 54.5 Å². The zero-order chi connectivity index (χ0) is 12.5. The van der Waals surface area contributed by atoms with Gasteiger partial charge in [0.15, 0.2) is 9.84 Å². The molecule has 0 bridgehead atoms. The molecule has 0 N–H and O–H groups in total. The normalized spacial score (nSPS) is 20.8. The average molecular weight is 273 g/mol. The quantitative estimate of drug-likeness (QED) is 0.823. The van der Waals surface area contributed by atoms with Crippen molar-refractivity contribution in [2.75, 3.05) is 19.3 Å². The van der Waals surface area contributed by atoms with E-state index >= 15 is 0 Å². The summed E-state index contributed by atoms with van der Waals surface area (Å²) in [5, 5.41) is 1.56. The molecule has 1 aliphatic rings. The number of hydrogen-bond acceptors (Lipinski definition) is 4. The number of sulfone groups is 1. The van der Waals surface area contributed by atoms with Gasteiger partial charge in [-0.3, -0.25) is 4.79 Å². The molecule has 0 radical (unpaired) electrons. The third kappa shape index (κ3) is 3.07. The van der Waals surface area contributed by atoms with Gasteiger partial charge < -0.3 is 4.90 Å². The zero-order valence-corrected chi connectivity index (χ0v) is 11.3. The predicted octanol–water partition coefficient (Wildman–Crippen LogP) is 0.936. The van der Waals surface area contributed by atoms with Crippen molar-refractivity contribution < 1.29 is 13.2 Å². The van der Waals surface area contributed by atoms with Crippen LogP contribution in [0.25, 0.3) is 0 Å². The lowest BCUT2D eigenvalue weighted by Crippen LogP contribution is -2.32. The van der Waals surface area contributed by atoms with Crippen LogP contribution in [0.15, 0.2) is 17.5 Å². The molecule has 17 heavy (non-hydrogen) atoms. The second kappa shape index (κ2) is 4.78. The molecule has 1 fully saturated rings. The van der Waals surface area contributed by atoms with E-state index in [1.165, 1.54) is 6.26 Å². The number of nitrogens with zero attached hydrogens (tertiary/aromatic N) is 1. The van der Waals surface area contributed by atoms with Gasteiger partial charge in [0, 0.05) is 24.2 Å². The molecule has 1 unspecified atom stereocenters. The Morgan fingerprint density at radius 1 is 1.59 bits per heavy atom. The summed E-state index contributed by atoms with van der Waals surface area (Å²) in [4.78, 5) is 14.6. The summed E-state index contributed by atoms with van der Waals surface area (Å²) in [5.41, 5.74) is 0. The van der Waals surface area contributed by atoms with Crippen molar-refractivity contribution in [2.24, 2.45) is 0 Å². The molecule has 1 aromatic rings. The molecule has 2 heterocycles. The highest BCUT2D eigenvalue weighted by Crippen LogP contribution is 2.18. The average Bonchev–Trinajstić information content (AvgIpc) is 2.85. The molecule has 0 aromatic carbocycles. The fourth-order valence-electron chi connectivity index (χ4n) is 1.98. The van der Waals surface area contributed by atoms with Gasteiger partial charge in [0.25, 0.3) is 0 Å². The van der Waals surface area contributed by atoms with Gasteiger partial charge in [-0.2, -0.15) is 0 Å². The van der Waals surface area contributed by atoms with Crippen LogP contribution in [0.5, 0.6) is 0 Å². The molecule has 0 saturated carbocycles. The van der Waals surface area contributed by atoms with Gasteiger partial charge in [-0.15, -0.1) is 11.3 Å². The Bertz CT molecular complexity index is 493.